The van der Waals surface area contributed by atoms with E-state index in [-0.39, 0.29) is 5.91 Å². The Kier molecular flexibility index (Phi) is 6.08. The molecule has 0 saturated heterocycles. The number of benzene rings is 3. The normalized spacial score (nSPS) is 11.3. The lowest BCUT2D eigenvalue weighted by atomic mass is 10.1. The highest BCUT2D eigenvalue weighted by molar-refractivity contribution is 7.92. The number of sulfonamides is 1. The van der Waals surface area contributed by atoms with Crippen molar-refractivity contribution in [3.8, 4) is 5.75 Å². The zero-order valence-electron chi connectivity index (χ0n) is 16.7. The predicted octanol–water partition coefficient (Wildman–Crippen LogP) is 3.35. The zero-order chi connectivity index (χ0) is 21.0. The van der Waals surface area contributed by atoms with E-state index < -0.39 is 10.0 Å². The monoisotopic (exact) mass is 412 g/mol. The minimum atomic E-state index is -3.41. The highest BCUT2D eigenvalue weighted by atomic mass is 32.2. The van der Waals surface area contributed by atoms with E-state index >= 15 is 0 Å². The van der Waals surface area contributed by atoms with E-state index in [0.29, 0.717) is 24.4 Å². The van der Waals surface area contributed by atoms with Gasteiger partial charge in [-0.1, -0.05) is 36.4 Å². The van der Waals surface area contributed by atoms with Crippen LogP contribution in [0.1, 0.15) is 15.9 Å². The van der Waals surface area contributed by atoms with Gasteiger partial charge < -0.3 is 10.1 Å². The lowest BCUT2D eigenvalue weighted by Gasteiger charge is -2.19. The van der Waals surface area contributed by atoms with Crippen molar-refractivity contribution < 1.29 is 17.9 Å². The molecule has 3 rings (SSSR count). The molecule has 0 unspecified atom stereocenters. The number of nitrogens with zero attached hydrogens (tertiary/aromatic N) is 1. The number of carbonyl (C=O) groups is 1. The first-order valence-corrected chi connectivity index (χ1v) is 11.0. The molecule has 3 aromatic rings. The van der Waals surface area contributed by atoms with E-state index in [2.05, 4.69) is 5.32 Å². The van der Waals surface area contributed by atoms with E-state index in [9.17, 15) is 13.2 Å². The van der Waals surface area contributed by atoms with Gasteiger partial charge in [0.25, 0.3) is 5.91 Å². The molecule has 29 heavy (non-hydrogen) atoms. The van der Waals surface area contributed by atoms with Gasteiger partial charge in [-0.05, 0) is 47.5 Å². The molecule has 1 amide bonds. The van der Waals surface area contributed by atoms with Gasteiger partial charge >= 0.3 is 0 Å². The van der Waals surface area contributed by atoms with Crippen LogP contribution < -0.4 is 14.4 Å². The number of rotatable bonds is 7. The van der Waals surface area contributed by atoms with Crippen LogP contribution in [0.25, 0.3) is 10.8 Å². The fraction of sp³-hybridized carbons (Fsp3) is 0.227. The number of nitrogens with one attached hydrogen (secondary N) is 1. The Morgan fingerprint density at radius 1 is 1.03 bits per heavy atom. The van der Waals surface area contributed by atoms with Crippen molar-refractivity contribution in [1.82, 2.24) is 5.32 Å². The van der Waals surface area contributed by atoms with Crippen molar-refractivity contribution >= 4 is 32.4 Å². The van der Waals surface area contributed by atoms with Crippen LogP contribution in [0, 0.1) is 6.92 Å². The summed E-state index contributed by atoms with van der Waals surface area (Å²) in [5.74, 6) is 0.459. The van der Waals surface area contributed by atoms with Gasteiger partial charge in [-0.3, -0.25) is 9.10 Å². The average molecular weight is 413 g/mol. The Bertz CT molecular complexity index is 1140. The number of hydrogen-bond acceptors (Lipinski definition) is 4. The average Bonchev–Trinajstić information content (AvgIpc) is 2.70. The van der Waals surface area contributed by atoms with Crippen LogP contribution in [0.5, 0.6) is 5.75 Å². The molecule has 0 saturated carbocycles. The van der Waals surface area contributed by atoms with E-state index in [1.54, 1.807) is 25.1 Å². The third-order valence-electron chi connectivity index (χ3n) is 4.69. The van der Waals surface area contributed by atoms with Crippen molar-refractivity contribution in [2.75, 3.05) is 30.8 Å². The molecule has 1 N–H and O–H groups in total. The quantitative estimate of drug-likeness (QED) is 0.604. The fourth-order valence-corrected chi connectivity index (χ4v) is 3.52. The Labute approximate surface area is 171 Å². The molecule has 6 nitrogen and oxygen atoms in total. The molecule has 0 aliphatic heterocycles. The van der Waals surface area contributed by atoms with Crippen molar-refractivity contribution in [3.05, 3.63) is 71.8 Å². The molecule has 0 aliphatic rings. The first-order chi connectivity index (χ1) is 13.8. The van der Waals surface area contributed by atoms with Crippen LogP contribution in [-0.4, -0.2) is 40.8 Å². The summed E-state index contributed by atoms with van der Waals surface area (Å²) < 4.78 is 30.5. The molecule has 0 aliphatic carbocycles. The largest absolute Gasteiger partial charge is 0.492 e. The van der Waals surface area contributed by atoms with Crippen LogP contribution in [0.4, 0.5) is 5.69 Å². The van der Waals surface area contributed by atoms with E-state index in [0.717, 1.165) is 28.3 Å². The molecule has 0 spiro atoms. The molecule has 152 valence electrons. The minimum absolute atomic E-state index is 0.282. The molecule has 0 heterocycles. The minimum Gasteiger partial charge on any atom is -0.492 e. The third-order valence-corrected chi connectivity index (χ3v) is 5.88. The zero-order valence-corrected chi connectivity index (χ0v) is 17.5. The molecule has 0 fully saturated rings. The third kappa shape index (κ3) is 5.06. The Hall–Kier alpha value is -3.06. The fourth-order valence-electron chi connectivity index (χ4n) is 2.96. The molecule has 7 heteroatoms. The summed E-state index contributed by atoms with van der Waals surface area (Å²) in [7, 11) is -1.94. The number of amides is 1. The Morgan fingerprint density at radius 3 is 2.48 bits per heavy atom. The molecule has 3 aromatic carbocycles. The second kappa shape index (κ2) is 8.53. The maximum atomic E-state index is 12.4. The molecule has 0 aromatic heterocycles. The summed E-state index contributed by atoms with van der Waals surface area (Å²) in [6.45, 7) is 2.46. The van der Waals surface area contributed by atoms with Crippen LogP contribution in [-0.2, 0) is 10.0 Å². The van der Waals surface area contributed by atoms with E-state index in [1.165, 1.54) is 11.4 Å². The molecule has 0 radical (unpaired) electrons. The van der Waals surface area contributed by atoms with Crippen molar-refractivity contribution in [2.24, 2.45) is 0 Å². The molecular weight excluding hydrogens is 388 g/mol. The van der Waals surface area contributed by atoms with Gasteiger partial charge in [-0.2, -0.15) is 0 Å². The maximum Gasteiger partial charge on any atom is 0.251 e. The topological polar surface area (TPSA) is 75.7 Å². The summed E-state index contributed by atoms with van der Waals surface area (Å²) in [6, 6.07) is 18.9. The SMILES string of the molecule is Cc1ccc(C(=O)NCCOc2ccc3ccccc3c2)cc1N(C)S(C)(=O)=O. The second-order valence-corrected chi connectivity index (χ2v) is 8.86. The predicted molar refractivity (Wildman–Crippen MR) is 116 cm³/mol. The maximum absolute atomic E-state index is 12.4. The number of fused-ring (bicyclic) bond motifs is 1. The number of hydrogen-bond donors (Lipinski definition) is 1. The van der Waals surface area contributed by atoms with Crippen LogP contribution in [0.2, 0.25) is 0 Å². The van der Waals surface area contributed by atoms with Crippen LogP contribution in [0.3, 0.4) is 0 Å². The summed E-state index contributed by atoms with van der Waals surface area (Å²) in [4.78, 5) is 12.4. The number of ether oxygens (including phenoxy) is 1. The summed E-state index contributed by atoms with van der Waals surface area (Å²) >= 11 is 0. The summed E-state index contributed by atoms with van der Waals surface area (Å²) in [6.07, 6.45) is 1.13. The van der Waals surface area contributed by atoms with Crippen LogP contribution in [0.15, 0.2) is 60.7 Å². The Balaban J connectivity index is 1.59. The first kappa shape index (κ1) is 20.7. The van der Waals surface area contributed by atoms with Gasteiger partial charge in [-0.15, -0.1) is 0 Å². The molecule has 0 atom stereocenters. The first-order valence-electron chi connectivity index (χ1n) is 9.20. The highest BCUT2D eigenvalue weighted by Gasteiger charge is 2.16. The van der Waals surface area contributed by atoms with Crippen molar-refractivity contribution in [1.29, 1.82) is 0 Å². The number of anilines is 1. The van der Waals surface area contributed by atoms with E-state index in [4.69, 9.17) is 4.74 Å². The lowest BCUT2D eigenvalue weighted by Crippen LogP contribution is -2.29. The van der Waals surface area contributed by atoms with Crippen molar-refractivity contribution in [2.45, 2.75) is 6.92 Å². The van der Waals surface area contributed by atoms with Gasteiger partial charge in [0.1, 0.15) is 12.4 Å². The second-order valence-electron chi connectivity index (χ2n) is 6.85. The van der Waals surface area contributed by atoms with Crippen LogP contribution >= 0.6 is 0 Å². The van der Waals surface area contributed by atoms with Gasteiger partial charge in [0, 0.05) is 12.6 Å². The number of aryl methyl sites for hydroxylation is 1. The summed E-state index contributed by atoms with van der Waals surface area (Å²) in [5, 5.41) is 5.03. The lowest BCUT2D eigenvalue weighted by molar-refractivity contribution is 0.0947. The summed E-state index contributed by atoms with van der Waals surface area (Å²) in [5.41, 5.74) is 1.65. The highest BCUT2D eigenvalue weighted by Crippen LogP contribution is 2.23. The van der Waals surface area contributed by atoms with Gasteiger partial charge in [0.15, 0.2) is 0 Å². The van der Waals surface area contributed by atoms with Crippen molar-refractivity contribution in [3.63, 3.8) is 0 Å². The van der Waals surface area contributed by atoms with Gasteiger partial charge in [0.2, 0.25) is 10.0 Å². The molecular formula is C22H24N2O4S. The smallest absolute Gasteiger partial charge is 0.251 e. The number of carbonyl (C=O) groups excluding carboxylic acids is 1. The van der Waals surface area contributed by atoms with Gasteiger partial charge in [-0.25, -0.2) is 8.42 Å². The van der Waals surface area contributed by atoms with E-state index in [1.807, 2.05) is 42.5 Å². The Morgan fingerprint density at radius 2 is 1.76 bits per heavy atom. The molecule has 0 bridgehead atoms. The van der Waals surface area contributed by atoms with Gasteiger partial charge in [0.05, 0.1) is 18.5 Å². The standard InChI is InChI=1S/C22H24N2O4S/c1-16-8-9-19(15-21(16)24(2)29(3,26)27)22(25)23-12-13-28-20-11-10-17-6-4-5-7-18(17)14-20/h4-11,14-15H,12-13H2,1-3H3,(H,23,25).